The highest BCUT2D eigenvalue weighted by molar-refractivity contribution is 14.0. The van der Waals surface area contributed by atoms with Crippen LogP contribution in [-0.4, -0.2) is 50.4 Å². The summed E-state index contributed by atoms with van der Waals surface area (Å²) in [6.45, 7) is 9.38. The molecule has 27 heavy (non-hydrogen) atoms. The molecule has 3 atom stereocenters. The Morgan fingerprint density at radius 3 is 2.85 bits per heavy atom. The standard InChI is InChI=1S/C19H31N3O2S2.HI/c1-4-19(3)8-9-22(14-19)18(21-15(2)17-6-5-10-25-17)20-12-16-7-11-26(23,24)13-16;/h5-6,10,15-16H,4,7-9,11-14H2,1-3H3,(H,20,21);1H. The topological polar surface area (TPSA) is 61.8 Å². The van der Waals surface area contributed by atoms with Gasteiger partial charge in [-0.25, -0.2) is 8.42 Å². The van der Waals surface area contributed by atoms with Crippen molar-refractivity contribution in [3.05, 3.63) is 22.4 Å². The van der Waals surface area contributed by atoms with Gasteiger partial charge in [-0.3, -0.25) is 4.99 Å². The van der Waals surface area contributed by atoms with E-state index in [1.54, 1.807) is 11.3 Å². The lowest BCUT2D eigenvalue weighted by atomic mass is 9.87. The quantitative estimate of drug-likeness (QED) is 0.360. The molecule has 8 heteroatoms. The number of likely N-dealkylation sites (tertiary alicyclic amines) is 1. The van der Waals surface area contributed by atoms with Crippen LogP contribution in [-0.2, 0) is 9.84 Å². The first-order chi connectivity index (χ1) is 12.3. The smallest absolute Gasteiger partial charge is 0.194 e. The first kappa shape index (κ1) is 22.9. The van der Waals surface area contributed by atoms with Gasteiger partial charge in [-0.05, 0) is 49.0 Å². The number of aliphatic imine (C=N–C) groups is 1. The first-order valence-electron chi connectivity index (χ1n) is 9.60. The van der Waals surface area contributed by atoms with Gasteiger partial charge >= 0.3 is 0 Å². The summed E-state index contributed by atoms with van der Waals surface area (Å²) >= 11 is 1.75. The van der Waals surface area contributed by atoms with Crippen molar-refractivity contribution in [2.75, 3.05) is 31.1 Å². The number of hydrogen-bond acceptors (Lipinski definition) is 4. The van der Waals surface area contributed by atoms with E-state index in [1.807, 2.05) is 0 Å². The Morgan fingerprint density at radius 1 is 1.52 bits per heavy atom. The number of nitrogens with one attached hydrogen (secondary N) is 1. The molecule has 0 aromatic carbocycles. The molecule has 3 rings (SSSR count). The Hall–Kier alpha value is -0.350. The molecule has 1 aromatic heterocycles. The molecular weight excluding hydrogens is 493 g/mol. The molecule has 2 saturated heterocycles. The highest BCUT2D eigenvalue weighted by atomic mass is 127. The maximum absolute atomic E-state index is 11.7. The predicted molar refractivity (Wildman–Crippen MR) is 125 cm³/mol. The maximum atomic E-state index is 11.7. The average molecular weight is 526 g/mol. The number of nitrogens with zero attached hydrogens (tertiary/aromatic N) is 2. The minimum absolute atomic E-state index is 0. The molecule has 1 N–H and O–H groups in total. The Kier molecular flexibility index (Phi) is 8.01. The van der Waals surface area contributed by atoms with Gasteiger partial charge in [0.15, 0.2) is 15.8 Å². The first-order valence-corrected chi connectivity index (χ1v) is 12.3. The van der Waals surface area contributed by atoms with Crippen molar-refractivity contribution in [1.82, 2.24) is 10.2 Å². The molecule has 1 aromatic rings. The second-order valence-corrected chi connectivity index (χ2v) is 11.4. The Balaban J connectivity index is 0.00000261. The van der Waals surface area contributed by atoms with E-state index in [9.17, 15) is 8.42 Å². The Labute approximate surface area is 185 Å². The molecule has 0 bridgehead atoms. The van der Waals surface area contributed by atoms with Crippen molar-refractivity contribution in [2.24, 2.45) is 16.3 Å². The van der Waals surface area contributed by atoms with Gasteiger partial charge in [-0.2, -0.15) is 0 Å². The van der Waals surface area contributed by atoms with Crippen molar-refractivity contribution in [1.29, 1.82) is 0 Å². The van der Waals surface area contributed by atoms with Crippen LogP contribution in [0.5, 0.6) is 0 Å². The molecular formula is C19H32IN3O2S2. The third-order valence-electron chi connectivity index (χ3n) is 5.85. The van der Waals surface area contributed by atoms with E-state index in [2.05, 4.69) is 48.5 Å². The van der Waals surface area contributed by atoms with Gasteiger partial charge < -0.3 is 10.2 Å². The second kappa shape index (κ2) is 9.43. The fourth-order valence-electron chi connectivity index (χ4n) is 3.76. The third kappa shape index (κ3) is 6.06. The zero-order chi connectivity index (χ0) is 18.8. The second-order valence-electron chi connectivity index (χ2n) is 8.15. The normalized spacial score (nSPS) is 28.8. The summed E-state index contributed by atoms with van der Waals surface area (Å²) in [5, 5.41) is 5.70. The van der Waals surface area contributed by atoms with Crippen LogP contribution in [0, 0.1) is 11.3 Å². The molecule has 5 nitrogen and oxygen atoms in total. The van der Waals surface area contributed by atoms with E-state index in [0.29, 0.717) is 17.7 Å². The fourth-order valence-corrected chi connectivity index (χ4v) is 6.35. The summed E-state index contributed by atoms with van der Waals surface area (Å²) < 4.78 is 23.5. The monoisotopic (exact) mass is 525 g/mol. The van der Waals surface area contributed by atoms with Crippen molar-refractivity contribution in [2.45, 2.75) is 46.1 Å². The highest BCUT2D eigenvalue weighted by Gasteiger charge is 2.34. The summed E-state index contributed by atoms with van der Waals surface area (Å²) in [6.07, 6.45) is 3.08. The van der Waals surface area contributed by atoms with Gasteiger partial charge in [0.25, 0.3) is 0 Å². The largest absolute Gasteiger partial charge is 0.349 e. The molecule has 2 aliphatic rings. The van der Waals surface area contributed by atoms with Crippen molar-refractivity contribution in [3.8, 4) is 0 Å². The number of rotatable bonds is 5. The third-order valence-corrected chi connectivity index (χ3v) is 8.74. The molecule has 154 valence electrons. The van der Waals surface area contributed by atoms with Crippen molar-refractivity contribution < 1.29 is 8.42 Å². The van der Waals surface area contributed by atoms with E-state index in [0.717, 1.165) is 31.9 Å². The van der Waals surface area contributed by atoms with Crippen LogP contribution in [0.1, 0.15) is 51.0 Å². The van der Waals surface area contributed by atoms with E-state index >= 15 is 0 Å². The van der Waals surface area contributed by atoms with Gasteiger partial charge in [0.1, 0.15) is 0 Å². The summed E-state index contributed by atoms with van der Waals surface area (Å²) in [6, 6.07) is 4.42. The molecule has 0 spiro atoms. The lowest BCUT2D eigenvalue weighted by Crippen LogP contribution is -2.42. The van der Waals surface area contributed by atoms with E-state index in [-0.39, 0.29) is 41.7 Å². The summed E-state index contributed by atoms with van der Waals surface area (Å²) in [4.78, 5) is 8.52. The summed E-state index contributed by atoms with van der Waals surface area (Å²) in [7, 11) is -2.85. The molecule has 0 saturated carbocycles. The van der Waals surface area contributed by atoms with Crippen LogP contribution in [0.15, 0.2) is 22.5 Å². The predicted octanol–water partition coefficient (Wildman–Crippen LogP) is 3.93. The van der Waals surface area contributed by atoms with Crippen LogP contribution >= 0.6 is 35.3 Å². The van der Waals surface area contributed by atoms with Crippen LogP contribution < -0.4 is 5.32 Å². The number of hydrogen-bond donors (Lipinski definition) is 1. The molecule has 0 radical (unpaired) electrons. The van der Waals surface area contributed by atoms with Gasteiger partial charge in [0.2, 0.25) is 0 Å². The van der Waals surface area contributed by atoms with Gasteiger partial charge in [0, 0.05) is 24.5 Å². The van der Waals surface area contributed by atoms with E-state index < -0.39 is 9.84 Å². The molecule has 3 unspecified atom stereocenters. The lowest BCUT2D eigenvalue weighted by molar-refractivity contribution is 0.320. The Morgan fingerprint density at radius 2 is 2.30 bits per heavy atom. The molecule has 2 aliphatic heterocycles. The molecule has 2 fully saturated rings. The maximum Gasteiger partial charge on any atom is 0.194 e. The molecule has 3 heterocycles. The summed E-state index contributed by atoms with van der Waals surface area (Å²) in [5.41, 5.74) is 0.339. The minimum atomic E-state index is -2.85. The van der Waals surface area contributed by atoms with Crippen LogP contribution in [0.2, 0.25) is 0 Å². The fraction of sp³-hybridized carbons (Fsp3) is 0.737. The molecule has 0 aliphatic carbocycles. The highest BCUT2D eigenvalue weighted by Crippen LogP contribution is 2.33. The summed E-state index contributed by atoms with van der Waals surface area (Å²) in [5.74, 6) is 1.71. The van der Waals surface area contributed by atoms with Crippen molar-refractivity contribution >= 4 is 51.1 Å². The minimum Gasteiger partial charge on any atom is -0.349 e. The molecule has 0 amide bonds. The SMILES string of the molecule is CCC1(C)CCN(C(=NCC2CCS(=O)(=O)C2)NC(C)c2cccs2)C1.I. The number of halogens is 1. The van der Waals surface area contributed by atoms with E-state index in [1.165, 1.54) is 11.3 Å². The number of sulfone groups is 1. The van der Waals surface area contributed by atoms with E-state index in [4.69, 9.17) is 4.99 Å². The zero-order valence-electron chi connectivity index (χ0n) is 16.5. The number of thiophene rings is 1. The van der Waals surface area contributed by atoms with Crippen molar-refractivity contribution in [3.63, 3.8) is 0 Å². The number of guanidine groups is 1. The van der Waals surface area contributed by atoms with Crippen LogP contribution in [0.25, 0.3) is 0 Å². The van der Waals surface area contributed by atoms with Gasteiger partial charge in [-0.15, -0.1) is 35.3 Å². The van der Waals surface area contributed by atoms with Crippen LogP contribution in [0.3, 0.4) is 0 Å². The van der Waals surface area contributed by atoms with Gasteiger partial charge in [-0.1, -0.05) is 19.9 Å². The lowest BCUT2D eigenvalue weighted by Gasteiger charge is -2.27. The van der Waals surface area contributed by atoms with Crippen LogP contribution in [0.4, 0.5) is 0 Å². The Bertz CT molecular complexity index is 736. The van der Waals surface area contributed by atoms with Gasteiger partial charge in [0.05, 0.1) is 17.5 Å². The average Bonchev–Trinajstić information content (AvgIpc) is 3.32. The zero-order valence-corrected chi connectivity index (χ0v) is 20.4.